The highest BCUT2D eigenvalue weighted by Crippen LogP contribution is 2.26. The van der Waals surface area contributed by atoms with Gasteiger partial charge < -0.3 is 34.3 Å². The Kier molecular flexibility index (Phi) is 40.5. The molecule has 13 heteroatoms. The maximum Gasteiger partial charge on any atom is 0.397 e. The minimum absolute atomic E-state index is 0.0452. The average molecular weight is 923 g/mol. The van der Waals surface area contributed by atoms with Gasteiger partial charge in [-0.25, -0.2) is 4.18 Å². The monoisotopic (exact) mass is 923 g/mol. The lowest BCUT2D eigenvalue weighted by molar-refractivity contribution is -0.301. The van der Waals surface area contributed by atoms with E-state index >= 15 is 0 Å². The second kappa shape index (κ2) is 42.5. The summed E-state index contributed by atoms with van der Waals surface area (Å²) in [6, 6.07) is 0. The van der Waals surface area contributed by atoms with E-state index in [-0.39, 0.29) is 19.6 Å². The molecule has 1 heterocycles. The number of aliphatic hydroxyl groups excluding tert-OH is 3. The molecule has 12 nitrogen and oxygen atoms in total. The Labute approximate surface area is 386 Å². The first kappa shape index (κ1) is 60.1. The Hall–Kier alpha value is -0.900. The fourth-order valence-corrected chi connectivity index (χ4v) is 9.01. The number of aliphatic hydroxyl groups is 3. The maximum atomic E-state index is 12.9. The van der Waals surface area contributed by atoms with Gasteiger partial charge in [-0.1, -0.05) is 232 Å². The average Bonchev–Trinajstić information content (AvgIpc) is 3.26. The number of hydrogen-bond acceptors (Lipinski definition) is 11. The van der Waals surface area contributed by atoms with E-state index in [9.17, 15) is 33.1 Å². The second-order valence-corrected chi connectivity index (χ2v) is 19.5. The largest absolute Gasteiger partial charge is 0.457 e. The molecule has 6 unspecified atom stereocenters. The van der Waals surface area contributed by atoms with Crippen LogP contribution in [0.1, 0.15) is 251 Å². The van der Waals surface area contributed by atoms with Crippen LogP contribution in [0.25, 0.3) is 0 Å². The van der Waals surface area contributed by atoms with Crippen LogP contribution in [0.15, 0.2) is 0 Å². The van der Waals surface area contributed by atoms with Crippen molar-refractivity contribution in [3.63, 3.8) is 0 Å². The molecule has 1 aliphatic rings. The summed E-state index contributed by atoms with van der Waals surface area (Å²) in [5.74, 6) is -0.390. The number of carbonyl (C=O) groups is 1. The summed E-state index contributed by atoms with van der Waals surface area (Å²) in [7, 11) is -5.06. The van der Waals surface area contributed by atoms with E-state index in [0.29, 0.717) is 13.0 Å². The van der Waals surface area contributed by atoms with Crippen LogP contribution in [0, 0.1) is 0 Å². The minimum atomic E-state index is -5.06. The number of unbranched alkanes of at least 4 members (excludes halogenated alkanes) is 34. The highest BCUT2D eigenvalue weighted by molar-refractivity contribution is 7.80. The molecule has 376 valence electrons. The summed E-state index contributed by atoms with van der Waals surface area (Å²) in [6.45, 7) is 4.06. The van der Waals surface area contributed by atoms with Gasteiger partial charge in [-0.2, -0.15) is 8.42 Å². The number of esters is 1. The number of ether oxygens (including phenoxy) is 4. The van der Waals surface area contributed by atoms with Crippen LogP contribution >= 0.6 is 0 Å². The summed E-state index contributed by atoms with van der Waals surface area (Å²) in [6.07, 6.45) is 37.0. The van der Waals surface area contributed by atoms with Crippen molar-refractivity contribution in [1.82, 2.24) is 0 Å². The van der Waals surface area contributed by atoms with Crippen molar-refractivity contribution in [3.8, 4) is 0 Å². The third kappa shape index (κ3) is 35.9. The van der Waals surface area contributed by atoms with Gasteiger partial charge in [0.2, 0.25) is 0 Å². The standard InChI is InChI=1S/C50H98O12S/c1-3-5-7-9-11-13-15-17-19-21-22-23-24-25-27-29-31-33-35-37-39-46(52)60-44(43-59-50-48(54)49(62-63(55,56)57)47(53)45(41-51)61-50)42-58-40-38-36-34-32-30-28-26-20-18-16-14-12-10-8-6-4-2/h44-45,47-51,53-54H,3-43H2,1-2H3,(H,55,56,57). The lowest BCUT2D eigenvalue weighted by atomic mass is 9.99. The first-order valence-corrected chi connectivity index (χ1v) is 27.7. The highest BCUT2D eigenvalue weighted by Gasteiger charge is 2.48. The Bertz CT molecular complexity index is 1110. The van der Waals surface area contributed by atoms with E-state index in [1.807, 2.05) is 0 Å². The molecule has 1 aliphatic heterocycles. The zero-order valence-electron chi connectivity index (χ0n) is 40.4. The molecule has 0 spiro atoms. The third-order valence-electron chi connectivity index (χ3n) is 12.5. The first-order valence-electron chi connectivity index (χ1n) is 26.3. The molecule has 0 saturated carbocycles. The molecular formula is C50H98O12S. The van der Waals surface area contributed by atoms with Gasteiger partial charge in [-0.05, 0) is 12.8 Å². The van der Waals surface area contributed by atoms with Gasteiger partial charge in [0.15, 0.2) is 6.29 Å². The Morgan fingerprint density at radius 2 is 0.905 bits per heavy atom. The van der Waals surface area contributed by atoms with Crippen LogP contribution in [0.5, 0.6) is 0 Å². The summed E-state index contributed by atoms with van der Waals surface area (Å²) in [5, 5.41) is 30.7. The highest BCUT2D eigenvalue weighted by atomic mass is 32.3. The maximum absolute atomic E-state index is 12.9. The molecule has 63 heavy (non-hydrogen) atoms. The van der Waals surface area contributed by atoms with Crippen molar-refractivity contribution < 1.29 is 56.2 Å². The molecule has 1 rings (SSSR count). The molecule has 4 N–H and O–H groups in total. The Balaban J connectivity index is 2.33. The minimum Gasteiger partial charge on any atom is -0.457 e. The SMILES string of the molecule is CCCCCCCCCCCCCCCCCCCCCCC(=O)OC(COCCCCCCCCCCCCCCCCCC)COC1OC(CO)C(O)C(OS(=O)(=O)O)C1O. The summed E-state index contributed by atoms with van der Waals surface area (Å²) < 4.78 is 59.3. The molecule has 0 radical (unpaired) electrons. The van der Waals surface area contributed by atoms with Crippen LogP contribution in [0.3, 0.4) is 0 Å². The van der Waals surface area contributed by atoms with Crippen molar-refractivity contribution >= 4 is 16.4 Å². The zero-order valence-corrected chi connectivity index (χ0v) is 41.2. The number of carbonyl (C=O) groups excluding carboxylic acids is 1. The molecule has 0 aromatic heterocycles. The third-order valence-corrected chi connectivity index (χ3v) is 12.9. The summed E-state index contributed by atoms with van der Waals surface area (Å²) in [5.41, 5.74) is 0. The smallest absolute Gasteiger partial charge is 0.397 e. The Morgan fingerprint density at radius 3 is 1.27 bits per heavy atom. The zero-order chi connectivity index (χ0) is 46.1. The van der Waals surface area contributed by atoms with Crippen LogP contribution in [0.4, 0.5) is 0 Å². The van der Waals surface area contributed by atoms with E-state index in [0.717, 1.165) is 38.5 Å². The molecule has 0 bridgehead atoms. The van der Waals surface area contributed by atoms with Crippen molar-refractivity contribution in [2.45, 2.75) is 288 Å². The molecule has 0 aromatic rings. The normalized spacial score (nSPS) is 19.7. The molecule has 0 amide bonds. The van der Waals surface area contributed by atoms with Gasteiger partial charge in [0.25, 0.3) is 0 Å². The van der Waals surface area contributed by atoms with E-state index in [4.69, 9.17) is 18.9 Å². The molecule has 0 aromatic carbocycles. The van der Waals surface area contributed by atoms with Gasteiger partial charge in [0, 0.05) is 13.0 Å². The van der Waals surface area contributed by atoms with Crippen molar-refractivity contribution in [2.75, 3.05) is 26.4 Å². The van der Waals surface area contributed by atoms with Gasteiger partial charge in [-0.3, -0.25) is 9.35 Å². The quantitative estimate of drug-likeness (QED) is 0.0258. The predicted octanol–water partition coefficient (Wildman–Crippen LogP) is 12.0. The van der Waals surface area contributed by atoms with Crippen LogP contribution in [0.2, 0.25) is 0 Å². The van der Waals surface area contributed by atoms with Gasteiger partial charge in [0.1, 0.15) is 30.5 Å². The molecule has 1 saturated heterocycles. The van der Waals surface area contributed by atoms with Crippen LogP contribution < -0.4 is 0 Å². The van der Waals surface area contributed by atoms with E-state index < -0.39 is 59.8 Å². The molecular weight excluding hydrogens is 825 g/mol. The predicted molar refractivity (Wildman–Crippen MR) is 253 cm³/mol. The van der Waals surface area contributed by atoms with Crippen molar-refractivity contribution in [2.24, 2.45) is 0 Å². The van der Waals surface area contributed by atoms with E-state index in [1.54, 1.807) is 0 Å². The van der Waals surface area contributed by atoms with Crippen molar-refractivity contribution in [3.05, 3.63) is 0 Å². The summed E-state index contributed by atoms with van der Waals surface area (Å²) in [4.78, 5) is 12.9. The first-order chi connectivity index (χ1) is 30.6. The molecule has 0 aliphatic carbocycles. The lowest BCUT2D eigenvalue weighted by Gasteiger charge is -2.41. The van der Waals surface area contributed by atoms with E-state index in [1.165, 1.54) is 186 Å². The summed E-state index contributed by atoms with van der Waals surface area (Å²) >= 11 is 0. The fourth-order valence-electron chi connectivity index (χ4n) is 8.50. The number of hydrogen-bond donors (Lipinski definition) is 4. The molecule has 6 atom stereocenters. The van der Waals surface area contributed by atoms with E-state index in [2.05, 4.69) is 18.0 Å². The topological polar surface area (TPSA) is 178 Å². The van der Waals surface area contributed by atoms with Gasteiger partial charge >= 0.3 is 16.4 Å². The van der Waals surface area contributed by atoms with Crippen LogP contribution in [-0.2, 0) is 38.3 Å². The van der Waals surface area contributed by atoms with Gasteiger partial charge in [-0.15, -0.1) is 0 Å². The second-order valence-electron chi connectivity index (χ2n) is 18.5. The van der Waals surface area contributed by atoms with Crippen LogP contribution in [-0.4, -0.2) is 97.5 Å². The molecule has 1 fully saturated rings. The van der Waals surface area contributed by atoms with Gasteiger partial charge in [0.05, 0.1) is 19.8 Å². The number of rotatable bonds is 47. The lowest BCUT2D eigenvalue weighted by Crippen LogP contribution is -2.60. The Morgan fingerprint density at radius 1 is 0.540 bits per heavy atom. The van der Waals surface area contributed by atoms with Crippen molar-refractivity contribution in [1.29, 1.82) is 0 Å². The fraction of sp³-hybridized carbons (Fsp3) is 0.980.